The highest BCUT2D eigenvalue weighted by molar-refractivity contribution is 5.89. The summed E-state index contributed by atoms with van der Waals surface area (Å²) in [6.45, 7) is 6.54. The number of aromatic nitrogens is 5. The molecule has 1 unspecified atom stereocenters. The van der Waals surface area contributed by atoms with Crippen molar-refractivity contribution in [3.63, 3.8) is 0 Å². The number of carboxylic acid groups (broad SMARTS) is 1. The average molecular weight is 637 g/mol. The number of aryl methyl sites for hydroxylation is 1. The number of amides is 1. The maximum atomic E-state index is 14.8. The van der Waals surface area contributed by atoms with Gasteiger partial charge in [0.25, 0.3) is 11.8 Å². The predicted molar refractivity (Wildman–Crippen MR) is 149 cm³/mol. The third kappa shape index (κ3) is 7.06. The van der Waals surface area contributed by atoms with Crippen molar-refractivity contribution in [2.45, 2.75) is 43.8 Å². The molecule has 0 saturated heterocycles. The van der Waals surface area contributed by atoms with E-state index >= 15 is 0 Å². The number of hydrogen-bond donors (Lipinski definition) is 2. The van der Waals surface area contributed by atoms with Gasteiger partial charge in [-0.05, 0) is 30.9 Å². The highest BCUT2D eigenvalue weighted by Gasteiger charge is 2.61. The standard InChI is InChI=1S/C29H26F6N6O4/c1-4-6-13-27(29(33,34)35,44-16-17-11-8-7-9-12-17)25-39-38-24(45-25)23-20(36-26(42)43)14-19(28(30,31)32)22(37-23)21-18(10-5-2)15-41(3)40-21/h4-5,7-9,11-12,14-15,36H,1-2,6,10,13,16H2,3H3,(H,42,43). The monoisotopic (exact) mass is 636 g/mol. The fourth-order valence-electron chi connectivity index (χ4n) is 4.48. The number of carbonyl (C=O) groups is 1. The van der Waals surface area contributed by atoms with Gasteiger partial charge < -0.3 is 14.3 Å². The van der Waals surface area contributed by atoms with Crippen LogP contribution in [0.15, 0.2) is 72.3 Å². The van der Waals surface area contributed by atoms with Crippen LogP contribution in [0.4, 0.5) is 36.8 Å². The van der Waals surface area contributed by atoms with Gasteiger partial charge in [0, 0.05) is 18.8 Å². The van der Waals surface area contributed by atoms with Crippen LogP contribution < -0.4 is 5.32 Å². The number of nitrogens with zero attached hydrogens (tertiary/aromatic N) is 5. The van der Waals surface area contributed by atoms with Crippen molar-refractivity contribution >= 4 is 11.8 Å². The molecule has 0 radical (unpaired) electrons. The summed E-state index contributed by atoms with van der Waals surface area (Å²) in [7, 11) is 1.46. The third-order valence-electron chi connectivity index (χ3n) is 6.52. The number of pyridine rings is 1. The van der Waals surface area contributed by atoms with Crippen molar-refractivity contribution in [3.05, 3.63) is 90.5 Å². The van der Waals surface area contributed by atoms with Crippen LogP contribution in [0.2, 0.25) is 0 Å². The van der Waals surface area contributed by atoms with Crippen molar-refractivity contribution in [2.24, 2.45) is 7.05 Å². The lowest BCUT2D eigenvalue weighted by Gasteiger charge is -2.32. The second-order valence-corrected chi connectivity index (χ2v) is 9.72. The maximum Gasteiger partial charge on any atom is 0.426 e. The lowest BCUT2D eigenvalue weighted by Crippen LogP contribution is -2.45. The Hall–Kier alpha value is -4.99. The molecule has 45 heavy (non-hydrogen) atoms. The van der Waals surface area contributed by atoms with Crippen LogP contribution in [0.3, 0.4) is 0 Å². The van der Waals surface area contributed by atoms with E-state index in [0.29, 0.717) is 11.6 Å². The SMILES string of the molecule is C=CCCC(OCc1ccccc1)(c1nnc(-c2nc(-c3nn(C)cc3CC=C)c(C(F)(F)F)cc2NC(=O)O)o1)C(F)(F)F. The number of rotatable bonds is 12. The fourth-order valence-corrected chi connectivity index (χ4v) is 4.48. The Morgan fingerprint density at radius 3 is 2.38 bits per heavy atom. The van der Waals surface area contributed by atoms with Crippen molar-refractivity contribution in [3.8, 4) is 23.0 Å². The minimum atomic E-state index is -5.12. The van der Waals surface area contributed by atoms with Gasteiger partial charge in [-0.2, -0.15) is 31.4 Å². The molecule has 238 valence electrons. The zero-order chi connectivity index (χ0) is 33.0. The molecule has 1 aromatic carbocycles. The second-order valence-electron chi connectivity index (χ2n) is 9.72. The molecule has 10 nitrogen and oxygen atoms in total. The number of nitrogens with one attached hydrogen (secondary N) is 1. The molecule has 4 aromatic rings. The van der Waals surface area contributed by atoms with Crippen LogP contribution >= 0.6 is 0 Å². The predicted octanol–water partition coefficient (Wildman–Crippen LogP) is 7.31. The molecule has 0 aliphatic heterocycles. The zero-order valence-electron chi connectivity index (χ0n) is 23.6. The summed E-state index contributed by atoms with van der Waals surface area (Å²) < 4.78 is 99.4. The van der Waals surface area contributed by atoms with Gasteiger partial charge in [0.05, 0.1) is 17.9 Å². The molecule has 1 atom stereocenters. The fraction of sp³-hybridized carbons (Fsp3) is 0.276. The van der Waals surface area contributed by atoms with E-state index in [0.717, 1.165) is 0 Å². The average Bonchev–Trinajstić information content (AvgIpc) is 3.59. The Balaban J connectivity index is 1.94. The zero-order valence-corrected chi connectivity index (χ0v) is 23.6. The van der Waals surface area contributed by atoms with E-state index < -0.39 is 71.5 Å². The van der Waals surface area contributed by atoms with Gasteiger partial charge in [-0.25, -0.2) is 9.78 Å². The van der Waals surface area contributed by atoms with Crippen LogP contribution in [0, 0.1) is 0 Å². The maximum absolute atomic E-state index is 14.8. The van der Waals surface area contributed by atoms with Crippen LogP contribution in [0.25, 0.3) is 23.0 Å². The summed E-state index contributed by atoms with van der Waals surface area (Å²) in [4.78, 5) is 15.6. The quantitative estimate of drug-likeness (QED) is 0.122. The van der Waals surface area contributed by atoms with Gasteiger partial charge in [0.1, 0.15) is 11.4 Å². The van der Waals surface area contributed by atoms with E-state index in [1.165, 1.54) is 30.1 Å². The molecule has 16 heteroatoms. The molecule has 0 bridgehead atoms. The van der Waals surface area contributed by atoms with Crippen molar-refractivity contribution in [1.29, 1.82) is 0 Å². The first-order valence-electron chi connectivity index (χ1n) is 13.2. The summed E-state index contributed by atoms with van der Waals surface area (Å²) >= 11 is 0. The van der Waals surface area contributed by atoms with Crippen LogP contribution in [0.5, 0.6) is 0 Å². The number of benzene rings is 1. The lowest BCUT2D eigenvalue weighted by molar-refractivity contribution is -0.299. The number of hydrogen-bond acceptors (Lipinski definition) is 7. The van der Waals surface area contributed by atoms with Gasteiger partial charge in [0.15, 0.2) is 5.69 Å². The first-order chi connectivity index (χ1) is 21.2. The van der Waals surface area contributed by atoms with E-state index in [4.69, 9.17) is 9.15 Å². The molecule has 0 aliphatic rings. The molecule has 0 saturated carbocycles. The minimum absolute atomic E-state index is 0.0908. The summed E-state index contributed by atoms with van der Waals surface area (Å²) in [5.74, 6) is -1.88. The topological polar surface area (TPSA) is 128 Å². The number of anilines is 1. The number of alkyl halides is 6. The number of allylic oxidation sites excluding steroid dienone is 2. The first-order valence-corrected chi connectivity index (χ1v) is 13.2. The third-order valence-corrected chi connectivity index (χ3v) is 6.52. The summed E-state index contributed by atoms with van der Waals surface area (Å²) in [5.41, 5.74) is -6.28. The molecule has 0 fully saturated rings. The van der Waals surface area contributed by atoms with Gasteiger partial charge in [-0.3, -0.25) is 10.00 Å². The molecule has 0 spiro atoms. The summed E-state index contributed by atoms with van der Waals surface area (Å²) in [6, 6.07) is 8.41. The Labute approximate surface area is 252 Å². The van der Waals surface area contributed by atoms with E-state index in [-0.39, 0.29) is 24.1 Å². The molecule has 2 N–H and O–H groups in total. The highest BCUT2D eigenvalue weighted by Crippen LogP contribution is 2.47. The molecule has 3 aromatic heterocycles. The smallest absolute Gasteiger partial charge is 0.426 e. The molecular weight excluding hydrogens is 610 g/mol. The van der Waals surface area contributed by atoms with Gasteiger partial charge in [-0.15, -0.1) is 23.4 Å². The Morgan fingerprint density at radius 1 is 1.07 bits per heavy atom. The van der Waals surface area contributed by atoms with Gasteiger partial charge in [-0.1, -0.05) is 42.5 Å². The van der Waals surface area contributed by atoms with Gasteiger partial charge in [0.2, 0.25) is 5.60 Å². The van der Waals surface area contributed by atoms with Crippen LogP contribution in [-0.4, -0.2) is 42.3 Å². The van der Waals surface area contributed by atoms with Gasteiger partial charge >= 0.3 is 18.4 Å². The number of halogens is 6. The minimum Gasteiger partial charge on any atom is -0.465 e. The highest BCUT2D eigenvalue weighted by atomic mass is 19.4. The van der Waals surface area contributed by atoms with Crippen molar-refractivity contribution in [1.82, 2.24) is 25.0 Å². The largest absolute Gasteiger partial charge is 0.465 e. The first kappa shape index (κ1) is 32.9. The molecule has 4 rings (SSSR count). The van der Waals surface area contributed by atoms with E-state index in [2.05, 4.69) is 33.4 Å². The summed E-state index contributed by atoms with van der Waals surface area (Å²) in [6.07, 6.45) is -8.72. The molecule has 1 amide bonds. The molecular formula is C29H26F6N6O4. The molecule has 3 heterocycles. The van der Waals surface area contributed by atoms with Crippen molar-refractivity contribution in [2.75, 3.05) is 5.32 Å². The Kier molecular flexibility index (Phi) is 9.46. The van der Waals surface area contributed by atoms with E-state index in [1.807, 2.05) is 0 Å². The van der Waals surface area contributed by atoms with Crippen LogP contribution in [-0.2, 0) is 36.6 Å². The molecule has 0 aliphatic carbocycles. The second kappa shape index (κ2) is 12.9. The Bertz CT molecular complexity index is 1680. The van der Waals surface area contributed by atoms with E-state index in [9.17, 15) is 36.2 Å². The van der Waals surface area contributed by atoms with Crippen molar-refractivity contribution < 1.29 is 45.4 Å². The lowest BCUT2D eigenvalue weighted by atomic mass is 9.96. The van der Waals surface area contributed by atoms with Crippen LogP contribution in [0.1, 0.15) is 35.4 Å². The Morgan fingerprint density at radius 2 is 1.78 bits per heavy atom. The summed E-state index contributed by atoms with van der Waals surface area (Å²) in [5, 5.41) is 22.5. The number of ether oxygens (including phenoxy) is 1. The normalized spacial score (nSPS) is 13.3. The van der Waals surface area contributed by atoms with E-state index in [1.54, 1.807) is 35.6 Å².